The molecule has 0 aliphatic carbocycles. The first-order chi connectivity index (χ1) is 10.0. The first-order valence-electron chi connectivity index (χ1n) is 5.65. The van der Waals surface area contributed by atoms with Crippen LogP contribution in [0.15, 0.2) is 30.3 Å². The second-order valence-electron chi connectivity index (χ2n) is 4.28. The Morgan fingerprint density at radius 3 is 1.68 bits per heavy atom. The van der Waals surface area contributed by atoms with Crippen LogP contribution in [0.25, 0.3) is 11.1 Å². The molecule has 8 heteroatoms. The zero-order valence-electron chi connectivity index (χ0n) is 10.4. The Kier molecular flexibility index (Phi) is 4.37. The van der Waals surface area contributed by atoms with E-state index in [1.165, 1.54) is 0 Å². The summed E-state index contributed by atoms with van der Waals surface area (Å²) in [4.78, 5) is 0. The first-order valence-corrected chi connectivity index (χ1v) is 6.41. The molecule has 2 aromatic carbocycles. The number of rotatable bonds is 1. The zero-order chi connectivity index (χ0) is 16.7. The van der Waals surface area contributed by atoms with Gasteiger partial charge in [-0.2, -0.15) is 26.3 Å². The molecule has 0 saturated carbocycles. The second-order valence-corrected chi connectivity index (χ2v) is 5.10. The number of alkyl halides is 6. The summed E-state index contributed by atoms with van der Waals surface area (Å²) in [5, 5.41) is -0.122. The Bertz CT molecular complexity index is 671. The van der Waals surface area contributed by atoms with Crippen molar-refractivity contribution in [1.29, 1.82) is 0 Å². The van der Waals surface area contributed by atoms with Crippen molar-refractivity contribution in [3.63, 3.8) is 0 Å². The maximum Gasteiger partial charge on any atom is 0.417 e. The molecule has 2 aromatic rings. The molecule has 0 spiro atoms. The van der Waals surface area contributed by atoms with Crippen molar-refractivity contribution < 1.29 is 26.3 Å². The maximum absolute atomic E-state index is 13.0. The quantitative estimate of drug-likeness (QED) is 0.511. The molecule has 0 N–H and O–H groups in total. The fourth-order valence-electron chi connectivity index (χ4n) is 1.91. The normalized spacial score (nSPS) is 12.5. The molecular weight excluding hydrogens is 353 g/mol. The lowest BCUT2D eigenvalue weighted by molar-refractivity contribution is -0.142. The van der Waals surface area contributed by atoms with E-state index in [9.17, 15) is 26.3 Å². The largest absolute Gasteiger partial charge is 0.417 e. The third kappa shape index (κ3) is 3.33. The highest BCUT2D eigenvalue weighted by atomic mass is 35.5. The van der Waals surface area contributed by atoms with E-state index in [0.29, 0.717) is 12.1 Å². The Labute approximate surface area is 131 Å². The molecule has 0 amide bonds. The van der Waals surface area contributed by atoms with Crippen molar-refractivity contribution in [2.75, 3.05) is 0 Å². The van der Waals surface area contributed by atoms with E-state index in [1.54, 1.807) is 0 Å². The van der Waals surface area contributed by atoms with Gasteiger partial charge >= 0.3 is 12.4 Å². The monoisotopic (exact) mass is 357 g/mol. The van der Waals surface area contributed by atoms with Crippen LogP contribution in [0.4, 0.5) is 26.3 Å². The molecule has 0 nitrogen and oxygen atoms in total. The second kappa shape index (κ2) is 5.66. The van der Waals surface area contributed by atoms with Crippen molar-refractivity contribution >= 4 is 23.2 Å². The van der Waals surface area contributed by atoms with Gasteiger partial charge in [0, 0.05) is 5.56 Å². The third-order valence-electron chi connectivity index (χ3n) is 2.81. The molecule has 0 heterocycles. The van der Waals surface area contributed by atoms with Gasteiger partial charge in [-0.3, -0.25) is 0 Å². The van der Waals surface area contributed by atoms with Gasteiger partial charge in [-0.15, -0.1) is 0 Å². The summed E-state index contributed by atoms with van der Waals surface area (Å²) in [6, 6.07) is 5.96. The minimum absolute atomic E-state index is 0.0232. The van der Waals surface area contributed by atoms with E-state index in [-0.39, 0.29) is 15.6 Å². The average Bonchev–Trinajstić information content (AvgIpc) is 2.39. The van der Waals surface area contributed by atoms with Gasteiger partial charge in [0.1, 0.15) is 0 Å². The standard InChI is InChI=1S/C14H5Cl2F6/c15-10-5-4-7(6-11(10)16)12-8(13(17,18)19)2-1-3-9(12)14(20,21)22/h2-6H. The molecule has 0 saturated heterocycles. The number of hydrogen-bond acceptors (Lipinski definition) is 0. The highest BCUT2D eigenvalue weighted by Gasteiger charge is 2.41. The van der Waals surface area contributed by atoms with Crippen molar-refractivity contribution in [2.45, 2.75) is 12.4 Å². The summed E-state index contributed by atoms with van der Waals surface area (Å²) < 4.78 is 78.2. The Hall–Kier alpha value is -1.40. The molecule has 0 bridgehead atoms. The topological polar surface area (TPSA) is 0 Å². The van der Waals surface area contributed by atoms with Crippen LogP contribution in [0.1, 0.15) is 11.1 Å². The Morgan fingerprint density at radius 2 is 1.27 bits per heavy atom. The SMILES string of the molecule is FC(F)(F)c1c[c]cc(C(F)(F)F)c1-c1ccc(Cl)c(Cl)c1. The van der Waals surface area contributed by atoms with Gasteiger partial charge < -0.3 is 0 Å². The lowest BCUT2D eigenvalue weighted by Gasteiger charge is -2.19. The molecule has 0 aliphatic rings. The number of halogens is 8. The van der Waals surface area contributed by atoms with E-state index < -0.39 is 29.0 Å². The highest BCUT2D eigenvalue weighted by Crippen LogP contribution is 2.45. The lowest BCUT2D eigenvalue weighted by atomic mass is 9.93. The third-order valence-corrected chi connectivity index (χ3v) is 3.55. The van der Waals surface area contributed by atoms with Crippen LogP contribution in [-0.4, -0.2) is 0 Å². The van der Waals surface area contributed by atoms with E-state index >= 15 is 0 Å². The van der Waals surface area contributed by atoms with Crippen LogP contribution >= 0.6 is 23.2 Å². The number of benzene rings is 2. The summed E-state index contributed by atoms with van der Waals surface area (Å²) in [5.41, 5.74) is -4.22. The molecule has 117 valence electrons. The van der Waals surface area contributed by atoms with E-state index in [2.05, 4.69) is 0 Å². The molecular formula is C14H5Cl2F6. The van der Waals surface area contributed by atoms with E-state index in [4.69, 9.17) is 23.2 Å². The molecule has 0 atom stereocenters. The summed E-state index contributed by atoms with van der Waals surface area (Å²) in [7, 11) is 0. The van der Waals surface area contributed by atoms with Crippen molar-refractivity contribution in [1.82, 2.24) is 0 Å². The van der Waals surface area contributed by atoms with Gasteiger partial charge in [0.15, 0.2) is 0 Å². The van der Waals surface area contributed by atoms with Crippen LogP contribution < -0.4 is 0 Å². The summed E-state index contributed by atoms with van der Waals surface area (Å²) in [5.74, 6) is 0. The fourth-order valence-corrected chi connectivity index (χ4v) is 2.21. The summed E-state index contributed by atoms with van der Waals surface area (Å²) in [6.07, 6.45) is -9.95. The molecule has 0 aliphatic heterocycles. The van der Waals surface area contributed by atoms with E-state index in [0.717, 1.165) is 18.2 Å². The molecule has 1 radical (unpaired) electrons. The van der Waals surface area contributed by atoms with Crippen LogP contribution in [-0.2, 0) is 12.4 Å². The van der Waals surface area contributed by atoms with Gasteiger partial charge in [-0.1, -0.05) is 29.3 Å². The van der Waals surface area contributed by atoms with Gasteiger partial charge in [-0.05, 0) is 35.9 Å². The smallest absolute Gasteiger partial charge is 0.166 e. The minimum atomic E-state index is -4.97. The van der Waals surface area contributed by atoms with Gasteiger partial charge in [-0.25, -0.2) is 0 Å². The van der Waals surface area contributed by atoms with Crippen molar-refractivity contribution in [2.24, 2.45) is 0 Å². The van der Waals surface area contributed by atoms with Crippen LogP contribution in [0.2, 0.25) is 10.0 Å². The summed E-state index contributed by atoms with van der Waals surface area (Å²) >= 11 is 11.3. The average molecular weight is 358 g/mol. The zero-order valence-corrected chi connectivity index (χ0v) is 11.9. The molecule has 2 rings (SSSR count). The number of hydrogen-bond donors (Lipinski definition) is 0. The lowest BCUT2D eigenvalue weighted by Crippen LogP contribution is -2.14. The molecule has 22 heavy (non-hydrogen) atoms. The van der Waals surface area contributed by atoms with Gasteiger partial charge in [0.05, 0.1) is 21.2 Å². The van der Waals surface area contributed by atoms with E-state index in [1.807, 2.05) is 6.07 Å². The van der Waals surface area contributed by atoms with Crippen LogP contribution in [0, 0.1) is 6.07 Å². The van der Waals surface area contributed by atoms with Crippen molar-refractivity contribution in [3.8, 4) is 11.1 Å². The molecule has 0 fully saturated rings. The van der Waals surface area contributed by atoms with Gasteiger partial charge in [0.2, 0.25) is 0 Å². The molecule has 0 aromatic heterocycles. The predicted octanol–water partition coefficient (Wildman–Crippen LogP) is 6.50. The molecule has 0 unspecified atom stereocenters. The summed E-state index contributed by atoms with van der Waals surface area (Å²) in [6.45, 7) is 0. The fraction of sp³-hybridized carbons (Fsp3) is 0.143. The minimum Gasteiger partial charge on any atom is -0.166 e. The highest BCUT2D eigenvalue weighted by molar-refractivity contribution is 6.42. The predicted molar refractivity (Wildman–Crippen MR) is 70.7 cm³/mol. The maximum atomic E-state index is 13.0. The van der Waals surface area contributed by atoms with Gasteiger partial charge in [0.25, 0.3) is 0 Å². The van der Waals surface area contributed by atoms with Crippen molar-refractivity contribution in [3.05, 3.63) is 57.6 Å². The Balaban J connectivity index is 2.83. The van der Waals surface area contributed by atoms with Crippen LogP contribution in [0.3, 0.4) is 0 Å². The van der Waals surface area contributed by atoms with Crippen LogP contribution in [0.5, 0.6) is 0 Å². The Morgan fingerprint density at radius 1 is 0.773 bits per heavy atom. The first kappa shape index (κ1) is 17.0.